The van der Waals surface area contributed by atoms with E-state index >= 15 is 0 Å². The van der Waals surface area contributed by atoms with Gasteiger partial charge in [-0.2, -0.15) is 10.2 Å². The van der Waals surface area contributed by atoms with E-state index < -0.39 is 6.10 Å². The normalized spacial score (nSPS) is 12.7. The van der Waals surface area contributed by atoms with E-state index in [1.54, 1.807) is 11.3 Å². The van der Waals surface area contributed by atoms with Gasteiger partial charge in [-0.05, 0) is 26.8 Å². The van der Waals surface area contributed by atoms with Gasteiger partial charge in [-0.3, -0.25) is 0 Å². The van der Waals surface area contributed by atoms with Gasteiger partial charge in [0.2, 0.25) is 0 Å². The molecule has 4 nitrogen and oxygen atoms in total. The van der Waals surface area contributed by atoms with Crippen LogP contribution in [0.3, 0.4) is 0 Å². The molecule has 0 amide bonds. The smallest absolute Gasteiger partial charge is 0.0957 e. The fourth-order valence-corrected chi connectivity index (χ4v) is 2.49. The topological polar surface area (TPSA) is 58.9 Å². The van der Waals surface area contributed by atoms with Crippen LogP contribution in [0.25, 0.3) is 0 Å². The van der Waals surface area contributed by atoms with Crippen LogP contribution in [0.5, 0.6) is 0 Å². The second-order valence-electron chi connectivity index (χ2n) is 4.13. The molecule has 0 saturated heterocycles. The molecule has 0 aromatic carbocycles. The van der Waals surface area contributed by atoms with E-state index in [-0.39, 0.29) is 0 Å². The Kier molecular flexibility index (Phi) is 3.49. The predicted octanol–water partition coefficient (Wildman–Crippen LogP) is 2.13. The van der Waals surface area contributed by atoms with Crippen LogP contribution in [0.2, 0.25) is 0 Å². The standard InChI is InChI=1S/C12H15N3OS/c1-7-4-10(9(3)15-14-7)11(16)5-12-13-8(2)6-17-12/h4,6,11,16H,5H2,1-3H3. The van der Waals surface area contributed by atoms with Crippen molar-refractivity contribution in [2.75, 3.05) is 0 Å². The number of nitrogens with zero attached hydrogens (tertiary/aromatic N) is 3. The fraction of sp³-hybridized carbons (Fsp3) is 0.417. The summed E-state index contributed by atoms with van der Waals surface area (Å²) in [6, 6.07) is 1.88. The van der Waals surface area contributed by atoms with Crippen molar-refractivity contribution in [3.8, 4) is 0 Å². The first-order valence-corrected chi connectivity index (χ1v) is 6.34. The minimum Gasteiger partial charge on any atom is -0.388 e. The minimum absolute atomic E-state index is 0.532. The Morgan fingerprint density at radius 1 is 1.24 bits per heavy atom. The van der Waals surface area contributed by atoms with Crippen molar-refractivity contribution in [1.82, 2.24) is 15.2 Å². The van der Waals surface area contributed by atoms with Crippen molar-refractivity contribution >= 4 is 11.3 Å². The lowest BCUT2D eigenvalue weighted by Gasteiger charge is -2.11. The Balaban J connectivity index is 2.19. The molecule has 5 heteroatoms. The number of aromatic nitrogens is 3. The average molecular weight is 249 g/mol. The number of aliphatic hydroxyl groups excluding tert-OH is 1. The van der Waals surface area contributed by atoms with Crippen LogP contribution in [0, 0.1) is 20.8 Å². The van der Waals surface area contributed by atoms with E-state index in [1.807, 2.05) is 32.2 Å². The van der Waals surface area contributed by atoms with Crippen LogP contribution >= 0.6 is 11.3 Å². The predicted molar refractivity (Wildman–Crippen MR) is 67.0 cm³/mol. The van der Waals surface area contributed by atoms with Crippen LogP contribution in [-0.2, 0) is 6.42 Å². The van der Waals surface area contributed by atoms with Gasteiger partial charge in [0.05, 0.1) is 22.5 Å². The zero-order chi connectivity index (χ0) is 12.4. The molecule has 0 aliphatic rings. The third kappa shape index (κ3) is 2.87. The van der Waals surface area contributed by atoms with Crippen LogP contribution in [0.4, 0.5) is 0 Å². The van der Waals surface area contributed by atoms with Crippen LogP contribution in [0.1, 0.15) is 33.8 Å². The monoisotopic (exact) mass is 249 g/mol. The molecule has 0 fully saturated rings. The number of thiazole rings is 1. The fourth-order valence-electron chi connectivity index (χ4n) is 1.68. The van der Waals surface area contributed by atoms with Gasteiger partial charge < -0.3 is 5.11 Å². The molecule has 2 heterocycles. The van der Waals surface area contributed by atoms with E-state index in [4.69, 9.17) is 0 Å². The van der Waals surface area contributed by atoms with Gasteiger partial charge in [0.25, 0.3) is 0 Å². The van der Waals surface area contributed by atoms with Gasteiger partial charge in [-0.25, -0.2) is 4.98 Å². The summed E-state index contributed by atoms with van der Waals surface area (Å²) in [5, 5.41) is 21.1. The zero-order valence-corrected chi connectivity index (χ0v) is 11.0. The quantitative estimate of drug-likeness (QED) is 0.905. The largest absolute Gasteiger partial charge is 0.388 e. The third-order valence-electron chi connectivity index (χ3n) is 2.53. The molecular formula is C12H15N3OS. The van der Waals surface area contributed by atoms with Gasteiger partial charge in [-0.1, -0.05) is 0 Å². The van der Waals surface area contributed by atoms with Crippen LogP contribution < -0.4 is 0 Å². The van der Waals surface area contributed by atoms with Crippen molar-refractivity contribution in [3.05, 3.63) is 39.1 Å². The number of hydrogen-bond donors (Lipinski definition) is 1. The maximum Gasteiger partial charge on any atom is 0.0957 e. The molecule has 90 valence electrons. The Bertz CT molecular complexity index is 524. The van der Waals surface area contributed by atoms with E-state index in [2.05, 4.69) is 15.2 Å². The molecule has 1 atom stereocenters. The summed E-state index contributed by atoms with van der Waals surface area (Å²) in [7, 11) is 0. The zero-order valence-electron chi connectivity index (χ0n) is 10.1. The molecule has 1 unspecified atom stereocenters. The van der Waals surface area contributed by atoms with Gasteiger partial charge in [0.1, 0.15) is 0 Å². The number of aliphatic hydroxyl groups is 1. The van der Waals surface area contributed by atoms with Crippen molar-refractivity contribution in [2.24, 2.45) is 0 Å². The van der Waals surface area contributed by atoms with E-state index in [1.165, 1.54) is 0 Å². The highest BCUT2D eigenvalue weighted by Crippen LogP contribution is 2.22. The van der Waals surface area contributed by atoms with Gasteiger partial charge in [0, 0.05) is 23.1 Å². The summed E-state index contributed by atoms with van der Waals surface area (Å²) < 4.78 is 0. The van der Waals surface area contributed by atoms with E-state index in [0.717, 1.165) is 27.7 Å². The van der Waals surface area contributed by atoms with Crippen molar-refractivity contribution in [1.29, 1.82) is 0 Å². The minimum atomic E-state index is -0.560. The molecule has 2 aromatic rings. The Morgan fingerprint density at radius 3 is 2.65 bits per heavy atom. The number of aryl methyl sites for hydroxylation is 3. The van der Waals surface area contributed by atoms with Crippen LogP contribution in [-0.4, -0.2) is 20.3 Å². The van der Waals surface area contributed by atoms with Crippen molar-refractivity contribution in [3.63, 3.8) is 0 Å². The molecule has 2 rings (SSSR count). The summed E-state index contributed by atoms with van der Waals surface area (Å²) in [5.74, 6) is 0. The van der Waals surface area contributed by atoms with Gasteiger partial charge in [0.15, 0.2) is 0 Å². The Labute approximate surface area is 104 Å². The molecule has 0 aliphatic heterocycles. The number of hydrogen-bond acceptors (Lipinski definition) is 5. The molecular weight excluding hydrogens is 234 g/mol. The first-order valence-electron chi connectivity index (χ1n) is 5.46. The Morgan fingerprint density at radius 2 is 2.00 bits per heavy atom. The van der Waals surface area contributed by atoms with Gasteiger partial charge in [-0.15, -0.1) is 11.3 Å². The molecule has 0 aliphatic carbocycles. The summed E-state index contributed by atoms with van der Waals surface area (Å²) in [6.07, 6.45) is -0.0282. The highest BCUT2D eigenvalue weighted by Gasteiger charge is 2.14. The van der Waals surface area contributed by atoms with Crippen LogP contribution in [0.15, 0.2) is 11.4 Å². The molecule has 0 radical (unpaired) electrons. The summed E-state index contributed by atoms with van der Waals surface area (Å²) in [6.45, 7) is 5.68. The summed E-state index contributed by atoms with van der Waals surface area (Å²) in [5.41, 5.74) is 3.43. The highest BCUT2D eigenvalue weighted by atomic mass is 32.1. The lowest BCUT2D eigenvalue weighted by atomic mass is 10.1. The third-order valence-corrected chi connectivity index (χ3v) is 3.52. The molecule has 0 spiro atoms. The first-order chi connectivity index (χ1) is 8.06. The van der Waals surface area contributed by atoms with Gasteiger partial charge >= 0.3 is 0 Å². The highest BCUT2D eigenvalue weighted by molar-refractivity contribution is 7.09. The maximum absolute atomic E-state index is 10.2. The SMILES string of the molecule is Cc1cc(C(O)Cc2nc(C)cs2)c(C)nn1. The summed E-state index contributed by atoms with van der Waals surface area (Å²) in [4.78, 5) is 4.35. The van der Waals surface area contributed by atoms with Crippen molar-refractivity contribution < 1.29 is 5.11 Å². The average Bonchev–Trinajstić information content (AvgIpc) is 2.67. The molecule has 2 aromatic heterocycles. The Hall–Kier alpha value is -1.33. The van der Waals surface area contributed by atoms with Crippen molar-refractivity contribution in [2.45, 2.75) is 33.3 Å². The maximum atomic E-state index is 10.2. The molecule has 17 heavy (non-hydrogen) atoms. The molecule has 0 saturated carbocycles. The summed E-state index contributed by atoms with van der Waals surface area (Å²) >= 11 is 1.58. The lowest BCUT2D eigenvalue weighted by Crippen LogP contribution is -2.07. The first kappa shape index (κ1) is 12.1. The number of rotatable bonds is 3. The van der Waals surface area contributed by atoms with E-state index in [9.17, 15) is 5.11 Å². The lowest BCUT2D eigenvalue weighted by molar-refractivity contribution is 0.176. The second-order valence-corrected chi connectivity index (χ2v) is 5.07. The van der Waals surface area contributed by atoms with E-state index in [0.29, 0.717) is 6.42 Å². The molecule has 0 bridgehead atoms. The second kappa shape index (κ2) is 4.89. The molecule has 1 N–H and O–H groups in total.